The zero-order chi connectivity index (χ0) is 30.0. The fourth-order valence-corrected chi connectivity index (χ4v) is 16.7. The molecule has 0 bridgehead atoms. The van der Waals surface area contributed by atoms with E-state index in [9.17, 15) is 0 Å². The van der Waals surface area contributed by atoms with Crippen LogP contribution in [-0.2, 0) is 0 Å². The summed E-state index contributed by atoms with van der Waals surface area (Å²) in [6, 6.07) is 19.2. The number of allylic oxidation sites excluding steroid dienone is 8. The van der Waals surface area contributed by atoms with Gasteiger partial charge in [0.05, 0.1) is 0 Å². The summed E-state index contributed by atoms with van der Waals surface area (Å²) in [6.07, 6.45) is 17.6. The minimum Gasteiger partial charge on any atom is -0.394 e. The van der Waals surface area contributed by atoms with Gasteiger partial charge in [0.25, 0.3) is 0 Å². The van der Waals surface area contributed by atoms with Crippen LogP contribution in [0.4, 0.5) is 11.4 Å². The van der Waals surface area contributed by atoms with Crippen LogP contribution >= 0.6 is 0 Å². The van der Waals surface area contributed by atoms with Crippen LogP contribution in [0.1, 0.15) is 42.4 Å². The average molecular weight is 603 g/mol. The van der Waals surface area contributed by atoms with Gasteiger partial charge in [-0.1, -0.05) is 131 Å². The molecule has 0 spiro atoms. The number of para-hydroxylation sites is 1. The number of anilines is 2. The second-order valence-electron chi connectivity index (χ2n) is 16.5. The van der Waals surface area contributed by atoms with E-state index >= 15 is 0 Å². The molecule has 2 aliphatic heterocycles. The largest absolute Gasteiger partial charge is 0.394 e. The van der Waals surface area contributed by atoms with Crippen molar-refractivity contribution in [1.29, 1.82) is 0 Å². The first-order valence-electron chi connectivity index (χ1n) is 17.0. The van der Waals surface area contributed by atoms with Crippen molar-refractivity contribution < 1.29 is 0 Å². The lowest BCUT2D eigenvalue weighted by atomic mass is 9.80. The lowest BCUT2D eigenvalue weighted by Gasteiger charge is -2.43. The summed E-state index contributed by atoms with van der Waals surface area (Å²) in [5.74, 6) is 5.10. The second kappa shape index (κ2) is 9.47. The van der Waals surface area contributed by atoms with Crippen LogP contribution in [-0.4, -0.2) is 28.6 Å². The molecule has 2 nitrogen and oxygen atoms in total. The molecule has 6 aliphatic rings. The highest BCUT2D eigenvalue weighted by Gasteiger charge is 2.59. The molecule has 224 valence electrons. The molecule has 2 fully saturated rings. The number of hydrogen-bond acceptors (Lipinski definition) is 2. The Kier molecular flexibility index (Phi) is 6.15. The molecular formula is C39H50N2Si2. The first kappa shape index (κ1) is 27.9. The molecule has 0 N–H and O–H groups in total. The molecule has 8 rings (SSSR count). The van der Waals surface area contributed by atoms with Crippen molar-refractivity contribution in [1.82, 2.24) is 0 Å². The minimum absolute atomic E-state index is 0.605. The van der Waals surface area contributed by atoms with Crippen molar-refractivity contribution in [3.05, 3.63) is 107 Å². The maximum atomic E-state index is 3.01. The highest BCUT2D eigenvalue weighted by atomic mass is 28.3. The van der Waals surface area contributed by atoms with Crippen molar-refractivity contribution >= 4 is 27.8 Å². The van der Waals surface area contributed by atoms with Crippen LogP contribution in [0.15, 0.2) is 90.6 Å². The van der Waals surface area contributed by atoms with Gasteiger partial charge in [0, 0.05) is 35.3 Å². The van der Waals surface area contributed by atoms with Crippen LogP contribution in [0.5, 0.6) is 0 Å². The van der Waals surface area contributed by atoms with E-state index in [0.29, 0.717) is 59.4 Å². The molecule has 10 unspecified atom stereocenters. The molecule has 0 amide bonds. The first-order valence-corrected chi connectivity index (χ1v) is 23.6. The molecule has 2 aromatic rings. The molecule has 2 saturated carbocycles. The summed E-state index contributed by atoms with van der Waals surface area (Å²) in [7, 11) is -3.40. The number of fused-ring (bicyclic) bond motifs is 10. The lowest BCUT2D eigenvalue weighted by molar-refractivity contribution is 0.426. The van der Waals surface area contributed by atoms with Gasteiger partial charge in [-0.05, 0) is 71.7 Å². The topological polar surface area (TPSA) is 6.48 Å². The Morgan fingerprint density at radius 2 is 1.30 bits per heavy atom. The monoisotopic (exact) mass is 602 g/mol. The van der Waals surface area contributed by atoms with Crippen LogP contribution in [0.2, 0.25) is 38.8 Å². The van der Waals surface area contributed by atoms with Crippen LogP contribution in [0, 0.1) is 42.4 Å². The van der Waals surface area contributed by atoms with Crippen LogP contribution < -0.4 is 9.13 Å². The van der Waals surface area contributed by atoms with E-state index in [2.05, 4.69) is 148 Å². The molecule has 0 radical (unpaired) electrons. The number of rotatable bonds is 4. The molecular weight excluding hydrogens is 553 g/mol. The molecule has 10 atom stereocenters. The van der Waals surface area contributed by atoms with Crippen molar-refractivity contribution in [3.63, 3.8) is 0 Å². The predicted octanol–water partition coefficient (Wildman–Crippen LogP) is 9.67. The van der Waals surface area contributed by atoms with Gasteiger partial charge in [-0.25, -0.2) is 0 Å². The van der Waals surface area contributed by atoms with E-state index in [0.717, 1.165) is 0 Å². The molecule has 4 aliphatic carbocycles. The van der Waals surface area contributed by atoms with Crippen molar-refractivity contribution in [3.8, 4) is 0 Å². The van der Waals surface area contributed by atoms with Gasteiger partial charge in [-0.3, -0.25) is 0 Å². The molecule has 2 heterocycles. The SMILES string of the molecule is Cc1ccc2c(c1)C1C3C=C(C[Si](C)(C)N4c5ccccc5C5C6C=CC=CC6C(C)C54)C=CC3C(C)C1N2[Si](C)(C)C. The highest BCUT2D eigenvalue weighted by molar-refractivity contribution is 6.82. The Morgan fingerprint density at radius 3 is 2.05 bits per heavy atom. The fraction of sp³-hybridized carbons (Fsp3) is 0.487. The molecule has 0 saturated heterocycles. The molecule has 4 heteroatoms. The van der Waals surface area contributed by atoms with E-state index in [1.165, 1.54) is 11.6 Å². The van der Waals surface area contributed by atoms with Gasteiger partial charge in [0.1, 0.15) is 8.24 Å². The third-order valence-electron chi connectivity index (χ3n) is 12.4. The summed E-state index contributed by atoms with van der Waals surface area (Å²) < 4.78 is 5.94. The number of nitrogens with zero attached hydrogens (tertiary/aromatic N) is 2. The average Bonchev–Trinajstić information content (AvgIpc) is 3.65. The third kappa shape index (κ3) is 3.94. The zero-order valence-corrected chi connectivity index (χ0v) is 29.5. The molecule has 0 aromatic heterocycles. The van der Waals surface area contributed by atoms with Crippen molar-refractivity contribution in [2.75, 3.05) is 9.13 Å². The summed E-state index contributed by atoms with van der Waals surface area (Å²) in [5.41, 5.74) is 9.35. The Labute approximate surface area is 262 Å². The lowest BCUT2D eigenvalue weighted by Crippen LogP contribution is -2.54. The van der Waals surface area contributed by atoms with Gasteiger partial charge in [-0.15, -0.1) is 0 Å². The number of hydrogen-bond donors (Lipinski definition) is 0. The molecule has 43 heavy (non-hydrogen) atoms. The summed E-state index contributed by atoms with van der Waals surface area (Å²) in [5, 5.41) is 0. The first-order chi connectivity index (χ1) is 20.5. The van der Waals surface area contributed by atoms with Crippen LogP contribution in [0.3, 0.4) is 0 Å². The van der Waals surface area contributed by atoms with Gasteiger partial charge >= 0.3 is 0 Å². The molecule has 2 aromatic carbocycles. The number of benzene rings is 2. The summed E-state index contributed by atoms with van der Waals surface area (Å²) in [6.45, 7) is 20.3. The van der Waals surface area contributed by atoms with E-state index in [1.807, 2.05) is 0 Å². The quantitative estimate of drug-likeness (QED) is 0.322. The fourth-order valence-electron chi connectivity index (χ4n) is 11.0. The zero-order valence-electron chi connectivity index (χ0n) is 27.5. The smallest absolute Gasteiger partial charge is 0.155 e. The standard InChI is InChI=1S/C39H50N2Si2/c1-24-17-20-35-33(21-24)37-32-22-27(18-19-29(32)26(3)38(37)40(35)42(4,5)6)23-43(7,8)41-34-16-12-11-15-31(34)36-30-14-10-9-13-28(30)25(2)39(36)41/h9-22,25-26,28-30,32,36-39H,23H2,1-8H3. The normalized spacial score (nSPS) is 36.7. The van der Waals surface area contributed by atoms with Gasteiger partial charge in [0.2, 0.25) is 0 Å². The Hall–Kier alpha value is -2.57. The summed E-state index contributed by atoms with van der Waals surface area (Å²) in [4.78, 5) is 0. The van der Waals surface area contributed by atoms with E-state index in [-0.39, 0.29) is 0 Å². The van der Waals surface area contributed by atoms with Gasteiger partial charge < -0.3 is 9.13 Å². The van der Waals surface area contributed by atoms with Crippen LogP contribution in [0.25, 0.3) is 0 Å². The third-order valence-corrected chi connectivity index (χ3v) is 17.5. The van der Waals surface area contributed by atoms with Gasteiger partial charge in [0.15, 0.2) is 8.24 Å². The Morgan fingerprint density at radius 1 is 0.674 bits per heavy atom. The highest BCUT2D eigenvalue weighted by Crippen LogP contribution is 2.62. The van der Waals surface area contributed by atoms with Crippen molar-refractivity contribution in [2.24, 2.45) is 35.5 Å². The maximum absolute atomic E-state index is 3.01. The minimum atomic E-state index is -1.86. The van der Waals surface area contributed by atoms with E-state index < -0.39 is 16.5 Å². The second-order valence-corrected chi connectivity index (χ2v) is 25.7. The Balaban J connectivity index is 1.15. The maximum Gasteiger partial charge on any atom is 0.155 e. The van der Waals surface area contributed by atoms with Gasteiger partial charge in [-0.2, -0.15) is 0 Å². The number of aryl methyl sites for hydroxylation is 1. The predicted molar refractivity (Wildman–Crippen MR) is 189 cm³/mol. The van der Waals surface area contributed by atoms with E-state index in [4.69, 9.17) is 0 Å². The Bertz CT molecular complexity index is 1590. The summed E-state index contributed by atoms with van der Waals surface area (Å²) >= 11 is 0. The van der Waals surface area contributed by atoms with E-state index in [1.54, 1.807) is 28.1 Å². The van der Waals surface area contributed by atoms with Crippen molar-refractivity contribution in [2.45, 2.75) is 83.5 Å².